The first-order valence-corrected chi connectivity index (χ1v) is 8.52. The number of nitrogens with zero attached hydrogens (tertiary/aromatic N) is 1. The molecule has 0 unspecified atom stereocenters. The fourth-order valence-corrected chi connectivity index (χ4v) is 2.48. The minimum atomic E-state index is -1.11. The Morgan fingerprint density at radius 3 is 2.48 bits per heavy atom. The van der Waals surface area contributed by atoms with E-state index >= 15 is 0 Å². The minimum absolute atomic E-state index is 0.142. The molecule has 1 aromatic carbocycles. The molecule has 2 N–H and O–H groups in total. The van der Waals surface area contributed by atoms with Gasteiger partial charge in [0.05, 0.1) is 0 Å². The Morgan fingerprint density at radius 1 is 1.30 bits per heavy atom. The number of ether oxygens (including phenoxy) is 1. The van der Waals surface area contributed by atoms with Gasteiger partial charge < -0.3 is 15.4 Å². The van der Waals surface area contributed by atoms with Gasteiger partial charge in [0, 0.05) is 6.54 Å². The van der Waals surface area contributed by atoms with Gasteiger partial charge in [0.25, 0.3) is 11.8 Å². The molecule has 0 aliphatic carbocycles. The Hall–Kier alpha value is -2.97. The van der Waals surface area contributed by atoms with Crippen LogP contribution < -0.4 is 10.6 Å². The van der Waals surface area contributed by atoms with Crippen LogP contribution >= 0.6 is 0 Å². The van der Waals surface area contributed by atoms with Crippen LogP contribution in [0.2, 0.25) is 0 Å². The molecule has 27 heavy (non-hydrogen) atoms. The van der Waals surface area contributed by atoms with Gasteiger partial charge in [-0.05, 0) is 38.0 Å². The van der Waals surface area contributed by atoms with Gasteiger partial charge in [0.1, 0.15) is 17.9 Å². The van der Waals surface area contributed by atoms with E-state index in [4.69, 9.17) is 4.74 Å². The van der Waals surface area contributed by atoms with Gasteiger partial charge in [-0.3, -0.25) is 19.3 Å². The molecule has 1 heterocycles. The second-order valence-corrected chi connectivity index (χ2v) is 6.48. The highest BCUT2D eigenvalue weighted by molar-refractivity contribution is 6.08. The maximum Gasteiger partial charge on any atom is 0.327 e. The van der Waals surface area contributed by atoms with Crippen molar-refractivity contribution in [2.24, 2.45) is 0 Å². The highest BCUT2D eigenvalue weighted by Gasteiger charge is 2.47. The number of imide groups is 1. The number of esters is 1. The molecule has 0 aromatic heterocycles. The predicted octanol–water partition coefficient (Wildman–Crippen LogP) is 1.09. The molecular weight excluding hydrogens is 357 g/mol. The zero-order valence-corrected chi connectivity index (χ0v) is 15.4. The Balaban J connectivity index is 1.84. The Bertz CT molecular complexity index is 752. The molecule has 1 aliphatic rings. The van der Waals surface area contributed by atoms with Crippen LogP contribution in [-0.2, 0) is 25.7 Å². The summed E-state index contributed by atoms with van der Waals surface area (Å²) in [6.45, 7) is 4.26. The van der Waals surface area contributed by atoms with E-state index in [2.05, 4.69) is 10.6 Å². The normalized spacial score (nSPS) is 20.2. The number of carbonyl (C=O) groups excluding carboxylic acids is 4. The lowest BCUT2D eigenvalue weighted by molar-refractivity contribution is -0.156. The molecule has 8 nitrogen and oxygen atoms in total. The van der Waals surface area contributed by atoms with Crippen LogP contribution in [0.25, 0.3) is 0 Å². The van der Waals surface area contributed by atoms with Gasteiger partial charge in [-0.1, -0.05) is 19.1 Å². The summed E-state index contributed by atoms with van der Waals surface area (Å²) in [6.07, 6.45) is -0.734. The highest BCUT2D eigenvalue weighted by Crippen LogP contribution is 2.20. The van der Waals surface area contributed by atoms with Crippen molar-refractivity contribution in [1.82, 2.24) is 15.5 Å². The number of rotatable bonds is 7. The lowest BCUT2D eigenvalue weighted by Gasteiger charge is -2.19. The maximum atomic E-state index is 12.8. The molecule has 4 amide bonds. The summed E-state index contributed by atoms with van der Waals surface area (Å²) in [5, 5.41) is 5.09. The summed E-state index contributed by atoms with van der Waals surface area (Å²) in [7, 11) is 0. The lowest BCUT2D eigenvalue weighted by atomic mass is 9.99. The van der Waals surface area contributed by atoms with Gasteiger partial charge in [-0.2, -0.15) is 0 Å². The first-order chi connectivity index (χ1) is 12.7. The number of hydrogen-bond donors (Lipinski definition) is 2. The summed E-state index contributed by atoms with van der Waals surface area (Å²) >= 11 is 0. The van der Waals surface area contributed by atoms with E-state index in [1.807, 2.05) is 0 Å². The zero-order chi connectivity index (χ0) is 20.2. The van der Waals surface area contributed by atoms with Crippen molar-refractivity contribution in [2.45, 2.75) is 45.4 Å². The molecule has 1 aliphatic heterocycles. The van der Waals surface area contributed by atoms with E-state index in [1.165, 1.54) is 31.2 Å². The van der Waals surface area contributed by atoms with Gasteiger partial charge in [0.15, 0.2) is 6.10 Å². The smallest absolute Gasteiger partial charge is 0.327 e. The summed E-state index contributed by atoms with van der Waals surface area (Å²) in [5.74, 6) is -2.32. The minimum Gasteiger partial charge on any atom is -0.451 e. The van der Waals surface area contributed by atoms with Gasteiger partial charge in [-0.15, -0.1) is 0 Å². The summed E-state index contributed by atoms with van der Waals surface area (Å²) in [6, 6.07) is 4.92. The van der Waals surface area contributed by atoms with Crippen LogP contribution in [0.15, 0.2) is 24.3 Å². The molecule has 0 radical (unpaired) electrons. The van der Waals surface area contributed by atoms with Crippen molar-refractivity contribution in [3.63, 3.8) is 0 Å². The molecule has 2 atom stereocenters. The Kier molecular flexibility index (Phi) is 6.14. The first-order valence-electron chi connectivity index (χ1n) is 8.52. The second-order valence-electron chi connectivity index (χ2n) is 6.48. The van der Waals surface area contributed by atoms with Crippen molar-refractivity contribution < 1.29 is 28.3 Å². The maximum absolute atomic E-state index is 12.8. The monoisotopic (exact) mass is 379 g/mol. The molecule has 1 fully saturated rings. The van der Waals surface area contributed by atoms with E-state index in [0.29, 0.717) is 12.0 Å². The third kappa shape index (κ3) is 4.81. The largest absolute Gasteiger partial charge is 0.451 e. The van der Waals surface area contributed by atoms with Crippen molar-refractivity contribution in [3.8, 4) is 0 Å². The van der Waals surface area contributed by atoms with Crippen LogP contribution in [0.4, 0.5) is 9.18 Å². The Labute approximate surface area is 156 Å². The van der Waals surface area contributed by atoms with E-state index in [0.717, 1.165) is 4.90 Å². The molecule has 0 saturated carbocycles. The van der Waals surface area contributed by atoms with Gasteiger partial charge in [0.2, 0.25) is 0 Å². The van der Waals surface area contributed by atoms with Crippen molar-refractivity contribution in [3.05, 3.63) is 35.6 Å². The fraction of sp³-hybridized carbons (Fsp3) is 0.444. The number of nitrogens with one attached hydrogen (secondary N) is 2. The predicted molar refractivity (Wildman–Crippen MR) is 92.7 cm³/mol. The molecule has 9 heteroatoms. The Morgan fingerprint density at radius 2 is 1.93 bits per heavy atom. The number of amides is 4. The van der Waals surface area contributed by atoms with Crippen LogP contribution in [0.5, 0.6) is 0 Å². The number of urea groups is 1. The van der Waals surface area contributed by atoms with Crippen LogP contribution in [0, 0.1) is 5.82 Å². The topological polar surface area (TPSA) is 105 Å². The average Bonchev–Trinajstić information content (AvgIpc) is 2.84. The van der Waals surface area contributed by atoms with Gasteiger partial charge >= 0.3 is 12.0 Å². The van der Waals surface area contributed by atoms with Crippen LogP contribution in [0.1, 0.15) is 32.8 Å². The third-order valence-electron chi connectivity index (χ3n) is 4.40. The molecule has 1 saturated heterocycles. The summed E-state index contributed by atoms with van der Waals surface area (Å²) < 4.78 is 17.8. The molecule has 0 spiro atoms. The average molecular weight is 379 g/mol. The number of carbonyl (C=O) groups is 4. The lowest BCUT2D eigenvalue weighted by Crippen LogP contribution is -2.44. The zero-order valence-electron chi connectivity index (χ0n) is 15.4. The molecule has 1 aromatic rings. The van der Waals surface area contributed by atoms with E-state index in [-0.39, 0.29) is 12.4 Å². The quantitative estimate of drug-likeness (QED) is 0.545. The van der Waals surface area contributed by atoms with E-state index < -0.39 is 42.0 Å². The van der Waals surface area contributed by atoms with Crippen molar-refractivity contribution in [2.75, 3.05) is 6.54 Å². The molecule has 2 rings (SSSR count). The standard InChI is InChI=1S/C18H22FN3O5/c1-4-18(3)16(25)22(17(26)21-18)10-14(23)27-11(2)15(24)20-9-12-5-7-13(19)8-6-12/h5-8,11H,4,9-10H2,1-3H3,(H,20,24)(H,21,26)/t11-,18+/m1/s1. The molecule has 0 bridgehead atoms. The first kappa shape index (κ1) is 20.3. The van der Waals surface area contributed by atoms with Crippen LogP contribution in [-0.4, -0.2) is 46.9 Å². The SMILES string of the molecule is CC[C@]1(C)NC(=O)N(CC(=O)O[C@H](C)C(=O)NCc2ccc(F)cc2)C1=O. The van der Waals surface area contributed by atoms with Crippen molar-refractivity contribution in [1.29, 1.82) is 0 Å². The van der Waals surface area contributed by atoms with Crippen molar-refractivity contribution >= 4 is 23.8 Å². The van der Waals surface area contributed by atoms with Crippen LogP contribution in [0.3, 0.4) is 0 Å². The third-order valence-corrected chi connectivity index (χ3v) is 4.40. The van der Waals surface area contributed by atoms with E-state index in [9.17, 15) is 23.6 Å². The number of halogens is 1. The second kappa shape index (κ2) is 8.15. The summed E-state index contributed by atoms with van der Waals surface area (Å²) in [5.41, 5.74) is -0.364. The van der Waals surface area contributed by atoms with E-state index in [1.54, 1.807) is 13.8 Å². The van der Waals surface area contributed by atoms with Gasteiger partial charge in [-0.25, -0.2) is 9.18 Å². The number of benzene rings is 1. The molecule has 146 valence electrons. The summed E-state index contributed by atoms with van der Waals surface area (Å²) in [4.78, 5) is 48.9. The fourth-order valence-electron chi connectivity index (χ4n) is 2.48. The molecular formula is C18H22FN3O5. The highest BCUT2D eigenvalue weighted by atomic mass is 19.1. The number of hydrogen-bond acceptors (Lipinski definition) is 5.